The lowest BCUT2D eigenvalue weighted by Gasteiger charge is -2.11. The Morgan fingerprint density at radius 2 is 2.05 bits per heavy atom. The lowest BCUT2D eigenvalue weighted by molar-refractivity contribution is 0.779. The molecule has 1 N–H and O–H groups in total. The number of nitrogens with one attached hydrogen (secondary N) is 1. The van der Waals surface area contributed by atoms with E-state index < -0.39 is 0 Å². The molecule has 2 heterocycles. The van der Waals surface area contributed by atoms with Crippen LogP contribution in [0.1, 0.15) is 11.1 Å². The number of nitrogens with zero attached hydrogens (tertiary/aromatic N) is 4. The molecule has 0 atom stereocenters. The first-order valence-corrected chi connectivity index (χ1v) is 6.30. The molecule has 3 rings (SSSR count). The number of rotatable bonds is 2. The maximum absolute atomic E-state index is 12.3. The van der Waals surface area contributed by atoms with Gasteiger partial charge in [0.15, 0.2) is 5.65 Å². The van der Waals surface area contributed by atoms with E-state index in [-0.39, 0.29) is 5.56 Å². The van der Waals surface area contributed by atoms with Crippen molar-refractivity contribution in [2.24, 2.45) is 7.05 Å². The SMILES string of the molecule is Cc1ccc(Nn2cnc3c(cnn3C)c2=O)c(C)c1. The summed E-state index contributed by atoms with van der Waals surface area (Å²) in [6.07, 6.45) is 3.01. The summed E-state index contributed by atoms with van der Waals surface area (Å²) in [5.41, 5.74) is 6.62. The molecule has 2 aromatic heterocycles. The third kappa shape index (κ3) is 1.95. The molecule has 0 aliphatic heterocycles. The van der Waals surface area contributed by atoms with E-state index in [1.54, 1.807) is 11.7 Å². The molecule has 0 aliphatic rings. The van der Waals surface area contributed by atoms with E-state index in [0.717, 1.165) is 11.3 Å². The van der Waals surface area contributed by atoms with Gasteiger partial charge in [-0.2, -0.15) is 5.10 Å². The summed E-state index contributed by atoms with van der Waals surface area (Å²) in [5, 5.41) is 4.54. The van der Waals surface area contributed by atoms with E-state index in [1.807, 2.05) is 26.0 Å². The highest BCUT2D eigenvalue weighted by atomic mass is 16.1. The number of aryl methyl sites for hydroxylation is 3. The minimum atomic E-state index is -0.164. The maximum Gasteiger partial charge on any atom is 0.283 e. The van der Waals surface area contributed by atoms with Gasteiger partial charge < -0.3 is 0 Å². The van der Waals surface area contributed by atoms with Gasteiger partial charge in [0.05, 0.1) is 11.9 Å². The molecule has 0 aliphatic carbocycles. The third-order valence-electron chi connectivity index (χ3n) is 3.27. The van der Waals surface area contributed by atoms with Gasteiger partial charge in [0.1, 0.15) is 11.7 Å². The predicted molar refractivity (Wildman–Crippen MR) is 77.7 cm³/mol. The van der Waals surface area contributed by atoms with E-state index in [9.17, 15) is 4.79 Å². The minimum absolute atomic E-state index is 0.164. The van der Waals surface area contributed by atoms with Crippen molar-refractivity contribution in [3.05, 3.63) is 52.2 Å². The zero-order valence-corrected chi connectivity index (χ0v) is 11.6. The zero-order valence-electron chi connectivity index (χ0n) is 11.6. The fourth-order valence-corrected chi connectivity index (χ4v) is 2.18. The van der Waals surface area contributed by atoms with Gasteiger partial charge >= 0.3 is 0 Å². The Hall–Kier alpha value is -2.63. The van der Waals surface area contributed by atoms with Crippen molar-refractivity contribution < 1.29 is 0 Å². The van der Waals surface area contributed by atoms with Crippen LogP contribution in [0.15, 0.2) is 35.5 Å². The van der Waals surface area contributed by atoms with E-state index in [0.29, 0.717) is 11.0 Å². The fraction of sp³-hybridized carbons (Fsp3) is 0.214. The minimum Gasteiger partial charge on any atom is -0.290 e. The summed E-state index contributed by atoms with van der Waals surface area (Å²) in [6.45, 7) is 4.03. The molecule has 0 saturated heterocycles. The van der Waals surface area contributed by atoms with Gasteiger partial charge in [0.2, 0.25) is 0 Å². The molecule has 0 fully saturated rings. The van der Waals surface area contributed by atoms with Crippen LogP contribution in [-0.4, -0.2) is 19.4 Å². The van der Waals surface area contributed by atoms with Crippen LogP contribution in [0.5, 0.6) is 0 Å². The normalized spacial score (nSPS) is 10.9. The summed E-state index contributed by atoms with van der Waals surface area (Å²) in [6, 6.07) is 6.00. The molecule has 1 aromatic carbocycles. The lowest BCUT2D eigenvalue weighted by atomic mass is 10.1. The Bertz CT molecular complexity index is 846. The van der Waals surface area contributed by atoms with Crippen LogP contribution in [0.3, 0.4) is 0 Å². The van der Waals surface area contributed by atoms with Crippen molar-refractivity contribution in [2.45, 2.75) is 13.8 Å². The topological polar surface area (TPSA) is 64.7 Å². The van der Waals surface area contributed by atoms with Crippen LogP contribution in [0.25, 0.3) is 11.0 Å². The van der Waals surface area contributed by atoms with Crippen LogP contribution in [0, 0.1) is 13.8 Å². The molecular weight excluding hydrogens is 254 g/mol. The molecule has 0 unspecified atom stereocenters. The second-order valence-corrected chi connectivity index (χ2v) is 4.86. The van der Waals surface area contributed by atoms with Crippen molar-refractivity contribution in [3.63, 3.8) is 0 Å². The van der Waals surface area contributed by atoms with Crippen LogP contribution >= 0.6 is 0 Å². The molecule has 0 bridgehead atoms. The number of anilines is 1. The van der Waals surface area contributed by atoms with E-state index >= 15 is 0 Å². The number of hydrogen-bond acceptors (Lipinski definition) is 4. The molecule has 0 radical (unpaired) electrons. The van der Waals surface area contributed by atoms with Crippen LogP contribution < -0.4 is 11.0 Å². The Morgan fingerprint density at radius 3 is 2.80 bits per heavy atom. The monoisotopic (exact) mass is 269 g/mol. The highest BCUT2D eigenvalue weighted by molar-refractivity contribution is 5.73. The Labute approximate surface area is 115 Å². The standard InChI is InChI=1S/C14H15N5O/c1-9-4-5-12(10(2)6-9)17-19-8-15-13-11(14(19)20)7-16-18(13)3/h4-8,17H,1-3H3. The van der Waals surface area contributed by atoms with Crippen molar-refractivity contribution in [3.8, 4) is 0 Å². The molecule has 0 saturated carbocycles. The van der Waals surface area contributed by atoms with Crippen LogP contribution in [-0.2, 0) is 7.05 Å². The molecule has 6 nitrogen and oxygen atoms in total. The van der Waals surface area contributed by atoms with Crippen LogP contribution in [0.2, 0.25) is 0 Å². The molecule has 6 heteroatoms. The van der Waals surface area contributed by atoms with Crippen molar-refractivity contribution in [1.82, 2.24) is 19.4 Å². The molecule has 20 heavy (non-hydrogen) atoms. The number of aromatic nitrogens is 4. The van der Waals surface area contributed by atoms with Crippen LogP contribution in [0.4, 0.5) is 5.69 Å². The van der Waals surface area contributed by atoms with E-state index in [4.69, 9.17) is 0 Å². The van der Waals surface area contributed by atoms with Gasteiger partial charge in [0, 0.05) is 7.05 Å². The quantitative estimate of drug-likeness (QED) is 0.768. The second-order valence-electron chi connectivity index (χ2n) is 4.86. The summed E-state index contributed by atoms with van der Waals surface area (Å²) >= 11 is 0. The van der Waals surface area contributed by atoms with Crippen molar-refractivity contribution in [1.29, 1.82) is 0 Å². The smallest absolute Gasteiger partial charge is 0.283 e. The largest absolute Gasteiger partial charge is 0.290 e. The number of hydrogen-bond donors (Lipinski definition) is 1. The maximum atomic E-state index is 12.3. The van der Waals surface area contributed by atoms with Gasteiger partial charge in [0.25, 0.3) is 5.56 Å². The van der Waals surface area contributed by atoms with E-state index in [2.05, 4.69) is 21.6 Å². The second kappa shape index (κ2) is 4.48. The van der Waals surface area contributed by atoms with Gasteiger partial charge in [-0.15, -0.1) is 0 Å². The Morgan fingerprint density at radius 1 is 1.25 bits per heavy atom. The summed E-state index contributed by atoms with van der Waals surface area (Å²) in [7, 11) is 1.76. The average molecular weight is 269 g/mol. The summed E-state index contributed by atoms with van der Waals surface area (Å²) in [5.74, 6) is 0. The Balaban J connectivity index is 2.07. The van der Waals surface area contributed by atoms with Gasteiger partial charge in [-0.1, -0.05) is 17.7 Å². The predicted octanol–water partition coefficient (Wildman–Crippen LogP) is 1.62. The summed E-state index contributed by atoms with van der Waals surface area (Å²) < 4.78 is 2.96. The average Bonchev–Trinajstić information content (AvgIpc) is 2.78. The van der Waals surface area contributed by atoms with Gasteiger partial charge in [-0.05, 0) is 25.5 Å². The fourth-order valence-electron chi connectivity index (χ4n) is 2.18. The molecular formula is C14H15N5O. The van der Waals surface area contributed by atoms with Gasteiger partial charge in [-0.25, -0.2) is 9.66 Å². The number of fused-ring (bicyclic) bond motifs is 1. The number of benzene rings is 1. The van der Waals surface area contributed by atoms with Gasteiger partial charge in [-0.3, -0.25) is 14.9 Å². The highest BCUT2D eigenvalue weighted by Crippen LogP contribution is 2.15. The zero-order chi connectivity index (χ0) is 14.3. The first-order chi connectivity index (χ1) is 9.56. The first kappa shape index (κ1) is 12.4. The molecule has 0 spiro atoms. The molecule has 3 aromatic rings. The Kier molecular flexibility index (Phi) is 2.78. The van der Waals surface area contributed by atoms with Crippen molar-refractivity contribution in [2.75, 3.05) is 5.43 Å². The molecule has 0 amide bonds. The first-order valence-electron chi connectivity index (χ1n) is 6.30. The lowest BCUT2D eigenvalue weighted by Crippen LogP contribution is -2.26. The third-order valence-corrected chi connectivity index (χ3v) is 3.27. The van der Waals surface area contributed by atoms with E-state index in [1.165, 1.54) is 22.8 Å². The van der Waals surface area contributed by atoms with Crippen molar-refractivity contribution >= 4 is 16.7 Å². The highest BCUT2D eigenvalue weighted by Gasteiger charge is 2.08. The molecule has 102 valence electrons. The summed E-state index contributed by atoms with van der Waals surface area (Å²) in [4.78, 5) is 16.6.